The van der Waals surface area contributed by atoms with E-state index in [1.54, 1.807) is 11.0 Å². The Hall–Kier alpha value is -0.900. The monoisotopic (exact) mass is 435 g/mol. The lowest BCUT2D eigenvalue weighted by atomic mass is 9.99. The average Bonchev–Trinajstić information content (AvgIpc) is 2.88. The highest BCUT2D eigenvalue weighted by Crippen LogP contribution is 2.15. The van der Waals surface area contributed by atoms with Crippen LogP contribution < -0.4 is 5.32 Å². The maximum atomic E-state index is 4.83. The van der Waals surface area contributed by atoms with Gasteiger partial charge in [0, 0.05) is 33.7 Å². The molecule has 0 spiro atoms. The first-order chi connectivity index (χ1) is 10.6. The molecular formula is C15H30IN7. The minimum atomic E-state index is 0. The van der Waals surface area contributed by atoms with Gasteiger partial charge in [-0.3, -0.25) is 9.67 Å². The van der Waals surface area contributed by atoms with Crippen LogP contribution in [-0.2, 0) is 13.6 Å². The average molecular weight is 435 g/mol. The molecule has 0 amide bonds. The van der Waals surface area contributed by atoms with Gasteiger partial charge in [-0.2, -0.15) is 5.10 Å². The van der Waals surface area contributed by atoms with Gasteiger partial charge in [-0.25, -0.2) is 4.98 Å². The van der Waals surface area contributed by atoms with Gasteiger partial charge in [-0.15, -0.1) is 24.0 Å². The number of rotatable bonds is 5. The van der Waals surface area contributed by atoms with Gasteiger partial charge >= 0.3 is 0 Å². The van der Waals surface area contributed by atoms with E-state index in [0.29, 0.717) is 12.5 Å². The standard InChI is InChI=1S/C15H29N7.HI/c1-5-16-15(17-9-13-7-6-8-20(2)10-13)21(3)11-14-18-12-19-22(14)4;/h12-13H,5-11H2,1-4H3,(H,16,17);1H. The molecule has 2 heterocycles. The molecule has 0 radical (unpaired) electrons. The first kappa shape index (κ1) is 20.1. The summed E-state index contributed by atoms with van der Waals surface area (Å²) in [6, 6.07) is 0. The lowest BCUT2D eigenvalue weighted by molar-refractivity contribution is 0.214. The highest BCUT2D eigenvalue weighted by atomic mass is 127. The molecule has 1 aromatic heterocycles. The highest BCUT2D eigenvalue weighted by Gasteiger charge is 2.17. The van der Waals surface area contributed by atoms with Crippen molar-refractivity contribution in [3.05, 3.63) is 12.2 Å². The third-order valence-electron chi connectivity index (χ3n) is 4.10. The maximum Gasteiger partial charge on any atom is 0.194 e. The summed E-state index contributed by atoms with van der Waals surface area (Å²) in [4.78, 5) is 13.6. The van der Waals surface area contributed by atoms with Crippen LogP contribution in [0.5, 0.6) is 0 Å². The Kier molecular flexibility index (Phi) is 8.82. The van der Waals surface area contributed by atoms with E-state index in [2.05, 4.69) is 39.2 Å². The first-order valence-corrected chi connectivity index (χ1v) is 8.11. The van der Waals surface area contributed by atoms with Crippen molar-refractivity contribution in [2.45, 2.75) is 26.3 Å². The molecule has 0 saturated carbocycles. The van der Waals surface area contributed by atoms with Gasteiger partial charge in [-0.05, 0) is 39.3 Å². The molecule has 1 unspecified atom stereocenters. The van der Waals surface area contributed by atoms with E-state index in [1.165, 1.54) is 19.4 Å². The summed E-state index contributed by atoms with van der Waals surface area (Å²) in [5, 5.41) is 7.49. The zero-order chi connectivity index (χ0) is 15.9. The number of aromatic nitrogens is 3. The molecule has 1 aliphatic heterocycles. The fourth-order valence-electron chi connectivity index (χ4n) is 2.86. The van der Waals surface area contributed by atoms with E-state index in [4.69, 9.17) is 4.99 Å². The van der Waals surface area contributed by atoms with Crippen molar-refractivity contribution in [2.75, 3.05) is 40.3 Å². The first-order valence-electron chi connectivity index (χ1n) is 8.11. The third kappa shape index (κ3) is 6.25. The summed E-state index contributed by atoms with van der Waals surface area (Å²) in [6.45, 7) is 6.91. The minimum absolute atomic E-state index is 0. The third-order valence-corrected chi connectivity index (χ3v) is 4.10. The van der Waals surface area contributed by atoms with Crippen LogP contribution in [-0.4, -0.2) is 70.8 Å². The number of nitrogens with zero attached hydrogens (tertiary/aromatic N) is 6. The summed E-state index contributed by atoms with van der Waals surface area (Å²) in [5.41, 5.74) is 0. The number of piperidine rings is 1. The van der Waals surface area contributed by atoms with E-state index < -0.39 is 0 Å². The molecule has 1 saturated heterocycles. The number of nitrogens with one attached hydrogen (secondary N) is 1. The van der Waals surface area contributed by atoms with Crippen LogP contribution >= 0.6 is 24.0 Å². The SMILES string of the molecule is CCNC(=NCC1CCCN(C)C1)N(C)Cc1ncnn1C.I. The van der Waals surface area contributed by atoms with Crippen LogP contribution in [0.1, 0.15) is 25.6 Å². The minimum Gasteiger partial charge on any atom is -0.357 e. The zero-order valence-corrected chi connectivity index (χ0v) is 17.0. The Morgan fingerprint density at radius 1 is 1.48 bits per heavy atom. The van der Waals surface area contributed by atoms with E-state index in [9.17, 15) is 0 Å². The predicted octanol–water partition coefficient (Wildman–Crippen LogP) is 1.17. The van der Waals surface area contributed by atoms with Gasteiger partial charge in [0.2, 0.25) is 0 Å². The van der Waals surface area contributed by atoms with E-state index in [-0.39, 0.29) is 24.0 Å². The Morgan fingerprint density at radius 2 is 2.26 bits per heavy atom. The molecule has 1 aliphatic rings. The number of halogens is 1. The summed E-state index contributed by atoms with van der Waals surface area (Å²) >= 11 is 0. The van der Waals surface area contributed by atoms with Crippen LogP contribution in [0, 0.1) is 5.92 Å². The molecule has 23 heavy (non-hydrogen) atoms. The van der Waals surface area contributed by atoms with Gasteiger partial charge in [0.05, 0.1) is 6.54 Å². The molecule has 1 aromatic rings. The fourth-order valence-corrected chi connectivity index (χ4v) is 2.86. The largest absolute Gasteiger partial charge is 0.357 e. The number of guanidine groups is 1. The summed E-state index contributed by atoms with van der Waals surface area (Å²) in [6.07, 6.45) is 4.15. The van der Waals surface area contributed by atoms with Crippen LogP contribution in [0.25, 0.3) is 0 Å². The molecule has 1 N–H and O–H groups in total. The van der Waals surface area contributed by atoms with Crippen molar-refractivity contribution in [1.82, 2.24) is 29.9 Å². The molecule has 8 heteroatoms. The lowest BCUT2D eigenvalue weighted by Crippen LogP contribution is -2.40. The molecule has 0 aliphatic carbocycles. The Labute approximate surface area is 156 Å². The van der Waals surface area contributed by atoms with Crippen LogP contribution in [0.3, 0.4) is 0 Å². The quantitative estimate of drug-likeness (QED) is 0.428. The van der Waals surface area contributed by atoms with Crippen molar-refractivity contribution in [3.8, 4) is 0 Å². The predicted molar refractivity (Wildman–Crippen MR) is 104 cm³/mol. The molecule has 1 fully saturated rings. The number of likely N-dealkylation sites (tertiary alicyclic amines) is 1. The van der Waals surface area contributed by atoms with Crippen molar-refractivity contribution < 1.29 is 0 Å². The van der Waals surface area contributed by atoms with Crippen LogP contribution in [0.4, 0.5) is 0 Å². The summed E-state index contributed by atoms with van der Waals surface area (Å²) in [7, 11) is 6.16. The second-order valence-corrected chi connectivity index (χ2v) is 6.12. The van der Waals surface area contributed by atoms with Gasteiger partial charge in [0.15, 0.2) is 5.96 Å². The zero-order valence-electron chi connectivity index (χ0n) is 14.7. The Bertz CT molecular complexity index is 488. The molecule has 0 aromatic carbocycles. The second kappa shape index (κ2) is 10.1. The number of aliphatic imine (C=N–C) groups is 1. The summed E-state index contributed by atoms with van der Waals surface area (Å²) < 4.78 is 1.80. The summed E-state index contributed by atoms with van der Waals surface area (Å²) in [5.74, 6) is 2.54. The highest BCUT2D eigenvalue weighted by molar-refractivity contribution is 14.0. The van der Waals surface area contributed by atoms with Crippen LogP contribution in [0.15, 0.2) is 11.3 Å². The van der Waals surface area contributed by atoms with Gasteiger partial charge in [0.1, 0.15) is 12.2 Å². The van der Waals surface area contributed by atoms with Gasteiger partial charge in [-0.1, -0.05) is 0 Å². The number of aryl methyl sites for hydroxylation is 1. The van der Waals surface area contributed by atoms with Crippen molar-refractivity contribution in [3.63, 3.8) is 0 Å². The Morgan fingerprint density at radius 3 is 2.87 bits per heavy atom. The maximum absolute atomic E-state index is 4.83. The topological polar surface area (TPSA) is 61.6 Å². The number of hydrogen-bond acceptors (Lipinski definition) is 4. The molecular weight excluding hydrogens is 405 g/mol. The van der Waals surface area contributed by atoms with Gasteiger partial charge in [0.25, 0.3) is 0 Å². The number of hydrogen-bond donors (Lipinski definition) is 1. The Balaban J connectivity index is 0.00000264. The molecule has 132 valence electrons. The molecule has 7 nitrogen and oxygen atoms in total. The second-order valence-electron chi connectivity index (χ2n) is 6.12. The van der Waals surface area contributed by atoms with E-state index >= 15 is 0 Å². The van der Waals surface area contributed by atoms with Crippen molar-refractivity contribution in [1.29, 1.82) is 0 Å². The van der Waals surface area contributed by atoms with E-state index in [0.717, 1.165) is 31.4 Å². The van der Waals surface area contributed by atoms with Crippen LogP contribution in [0.2, 0.25) is 0 Å². The molecule has 1 atom stereocenters. The molecule has 2 rings (SSSR count). The van der Waals surface area contributed by atoms with Crippen molar-refractivity contribution >= 4 is 29.9 Å². The van der Waals surface area contributed by atoms with Gasteiger partial charge < -0.3 is 15.1 Å². The fraction of sp³-hybridized carbons (Fsp3) is 0.800. The van der Waals surface area contributed by atoms with Crippen molar-refractivity contribution in [2.24, 2.45) is 18.0 Å². The van der Waals surface area contributed by atoms with E-state index in [1.807, 2.05) is 14.1 Å². The molecule has 0 bridgehead atoms. The normalized spacial score (nSPS) is 19.3. The smallest absolute Gasteiger partial charge is 0.194 e. The lowest BCUT2D eigenvalue weighted by Gasteiger charge is -2.29.